The van der Waals surface area contributed by atoms with Crippen LogP contribution in [0.25, 0.3) is 0 Å². The zero-order chi connectivity index (χ0) is 14.0. The summed E-state index contributed by atoms with van der Waals surface area (Å²) in [7, 11) is 0. The van der Waals surface area contributed by atoms with E-state index in [0.29, 0.717) is 15.3 Å². The van der Waals surface area contributed by atoms with Crippen molar-refractivity contribution in [3.63, 3.8) is 0 Å². The van der Waals surface area contributed by atoms with Crippen molar-refractivity contribution in [3.8, 4) is 0 Å². The highest BCUT2D eigenvalue weighted by Gasteiger charge is 2.30. The van der Waals surface area contributed by atoms with E-state index in [4.69, 9.17) is 11.6 Å². The van der Waals surface area contributed by atoms with Crippen molar-refractivity contribution in [2.24, 2.45) is 0 Å². The van der Waals surface area contributed by atoms with E-state index in [1.807, 2.05) is 0 Å². The Labute approximate surface area is 120 Å². The number of hydrogen-bond donors (Lipinski definition) is 1. The highest BCUT2D eigenvalue weighted by atomic mass is 79.9. The summed E-state index contributed by atoms with van der Waals surface area (Å²) in [6, 6.07) is 6.43. The van der Waals surface area contributed by atoms with Crippen molar-refractivity contribution in [3.05, 3.63) is 51.6 Å². The van der Waals surface area contributed by atoms with E-state index in [1.165, 1.54) is 18.3 Å². The van der Waals surface area contributed by atoms with Gasteiger partial charge in [0.2, 0.25) is 0 Å². The van der Waals surface area contributed by atoms with Gasteiger partial charge in [0.1, 0.15) is 5.82 Å². The van der Waals surface area contributed by atoms with Gasteiger partial charge in [-0.1, -0.05) is 17.7 Å². The lowest BCUT2D eigenvalue weighted by Gasteiger charge is -2.11. The second-order valence-electron chi connectivity index (χ2n) is 3.69. The van der Waals surface area contributed by atoms with Gasteiger partial charge in [0.05, 0.1) is 10.6 Å². The molecule has 100 valence electrons. The molecule has 2 aromatic rings. The second kappa shape index (κ2) is 5.38. The Hall–Kier alpha value is -1.27. The van der Waals surface area contributed by atoms with E-state index in [2.05, 4.69) is 26.2 Å². The van der Waals surface area contributed by atoms with E-state index in [0.717, 1.165) is 12.1 Å². The van der Waals surface area contributed by atoms with Crippen molar-refractivity contribution in [1.82, 2.24) is 4.98 Å². The molecule has 1 aromatic heterocycles. The molecule has 0 atom stereocenters. The molecule has 1 heterocycles. The van der Waals surface area contributed by atoms with Crippen molar-refractivity contribution in [2.75, 3.05) is 5.32 Å². The number of anilines is 2. The minimum atomic E-state index is -4.38. The van der Waals surface area contributed by atoms with Crippen LogP contribution in [0.4, 0.5) is 24.7 Å². The average molecular weight is 352 g/mol. The Morgan fingerprint density at radius 1 is 1.21 bits per heavy atom. The number of hydrogen-bond acceptors (Lipinski definition) is 2. The largest absolute Gasteiger partial charge is 0.416 e. The van der Waals surface area contributed by atoms with Gasteiger partial charge >= 0.3 is 6.18 Å². The molecule has 7 heteroatoms. The standard InChI is InChI=1S/C12H7BrClF3N2/c13-8-5-10(14)11(18-6-8)19-9-3-1-2-7(4-9)12(15,16)17/h1-6H,(H,18,19). The molecule has 2 rings (SSSR count). The highest BCUT2D eigenvalue weighted by Crippen LogP contribution is 2.32. The molecular formula is C12H7BrClF3N2. The highest BCUT2D eigenvalue weighted by molar-refractivity contribution is 9.10. The number of aromatic nitrogens is 1. The number of benzene rings is 1. The number of pyridine rings is 1. The smallest absolute Gasteiger partial charge is 0.339 e. The van der Waals surface area contributed by atoms with Crippen LogP contribution in [0.15, 0.2) is 41.0 Å². The lowest BCUT2D eigenvalue weighted by molar-refractivity contribution is -0.137. The van der Waals surface area contributed by atoms with E-state index >= 15 is 0 Å². The monoisotopic (exact) mass is 350 g/mol. The fraction of sp³-hybridized carbons (Fsp3) is 0.0833. The van der Waals surface area contributed by atoms with Crippen LogP contribution in [0, 0.1) is 0 Å². The molecule has 0 saturated heterocycles. The van der Waals surface area contributed by atoms with Crippen LogP contribution in [-0.4, -0.2) is 4.98 Å². The van der Waals surface area contributed by atoms with Crippen LogP contribution in [0.2, 0.25) is 5.02 Å². The van der Waals surface area contributed by atoms with Crippen LogP contribution in [0.3, 0.4) is 0 Å². The molecule has 0 aliphatic carbocycles. The van der Waals surface area contributed by atoms with E-state index in [9.17, 15) is 13.2 Å². The van der Waals surface area contributed by atoms with Crippen LogP contribution >= 0.6 is 27.5 Å². The van der Waals surface area contributed by atoms with E-state index < -0.39 is 11.7 Å². The lowest BCUT2D eigenvalue weighted by Crippen LogP contribution is -2.05. The number of alkyl halides is 3. The minimum Gasteiger partial charge on any atom is -0.339 e. The average Bonchev–Trinajstić information content (AvgIpc) is 2.32. The molecule has 0 spiro atoms. The van der Waals surface area contributed by atoms with E-state index in [-0.39, 0.29) is 5.69 Å². The predicted molar refractivity (Wildman–Crippen MR) is 71.7 cm³/mol. The summed E-state index contributed by atoms with van der Waals surface area (Å²) in [6.07, 6.45) is -2.88. The topological polar surface area (TPSA) is 24.9 Å². The van der Waals surface area contributed by atoms with Crippen LogP contribution in [0.1, 0.15) is 5.56 Å². The van der Waals surface area contributed by atoms with Gasteiger partial charge in [-0.05, 0) is 40.2 Å². The molecule has 0 radical (unpaired) electrons. The van der Waals surface area contributed by atoms with Crippen LogP contribution in [0.5, 0.6) is 0 Å². The number of nitrogens with one attached hydrogen (secondary N) is 1. The quantitative estimate of drug-likeness (QED) is 0.798. The minimum absolute atomic E-state index is 0.270. The van der Waals surface area contributed by atoms with Crippen molar-refractivity contribution < 1.29 is 13.2 Å². The molecule has 0 unspecified atom stereocenters. The first-order valence-electron chi connectivity index (χ1n) is 5.11. The predicted octanol–water partition coefficient (Wildman–Crippen LogP) is 5.26. The van der Waals surface area contributed by atoms with Gasteiger partial charge in [-0.25, -0.2) is 4.98 Å². The van der Waals surface area contributed by atoms with Crippen molar-refractivity contribution in [2.45, 2.75) is 6.18 Å². The Kier molecular flexibility index (Phi) is 4.01. The molecule has 0 bridgehead atoms. The normalized spacial score (nSPS) is 11.4. The molecule has 2 nitrogen and oxygen atoms in total. The molecule has 0 fully saturated rings. The Bertz CT molecular complexity index is 602. The van der Waals surface area contributed by atoms with Crippen molar-refractivity contribution in [1.29, 1.82) is 0 Å². The first-order valence-corrected chi connectivity index (χ1v) is 6.29. The van der Waals surface area contributed by atoms with Crippen molar-refractivity contribution >= 4 is 39.0 Å². The van der Waals surface area contributed by atoms with E-state index in [1.54, 1.807) is 6.07 Å². The maximum absolute atomic E-state index is 12.6. The summed E-state index contributed by atoms with van der Waals surface area (Å²) in [4.78, 5) is 3.99. The Morgan fingerprint density at radius 3 is 2.58 bits per heavy atom. The number of nitrogens with zero attached hydrogens (tertiary/aromatic N) is 1. The first kappa shape index (κ1) is 14.1. The van der Waals surface area contributed by atoms with Gasteiger partial charge in [0.25, 0.3) is 0 Å². The summed E-state index contributed by atoms with van der Waals surface area (Å²) in [6.45, 7) is 0. The summed E-state index contributed by atoms with van der Waals surface area (Å²) in [5.74, 6) is 0.296. The Morgan fingerprint density at radius 2 is 1.95 bits per heavy atom. The molecule has 0 saturated carbocycles. The molecule has 0 aliphatic rings. The maximum atomic E-state index is 12.6. The maximum Gasteiger partial charge on any atom is 0.416 e. The van der Waals surface area contributed by atoms with Gasteiger partial charge in [-0.3, -0.25) is 0 Å². The number of halogens is 5. The lowest BCUT2D eigenvalue weighted by atomic mass is 10.2. The van der Waals surface area contributed by atoms with Gasteiger partial charge in [-0.2, -0.15) is 13.2 Å². The summed E-state index contributed by atoms with van der Waals surface area (Å²) >= 11 is 9.13. The van der Waals surface area contributed by atoms with Crippen LogP contribution in [-0.2, 0) is 6.18 Å². The van der Waals surface area contributed by atoms with Gasteiger partial charge in [0.15, 0.2) is 0 Å². The molecule has 19 heavy (non-hydrogen) atoms. The first-order chi connectivity index (χ1) is 8.86. The fourth-order valence-electron chi connectivity index (χ4n) is 1.42. The van der Waals surface area contributed by atoms with Crippen LogP contribution < -0.4 is 5.32 Å². The SMILES string of the molecule is FC(F)(F)c1cccc(Nc2ncc(Br)cc2Cl)c1. The molecule has 1 aromatic carbocycles. The Balaban J connectivity index is 2.29. The second-order valence-corrected chi connectivity index (χ2v) is 5.01. The molecular weight excluding hydrogens is 344 g/mol. The number of rotatable bonds is 2. The summed E-state index contributed by atoms with van der Waals surface area (Å²) in [5, 5.41) is 3.06. The third-order valence-corrected chi connectivity index (χ3v) is 2.98. The molecule has 0 amide bonds. The molecule has 1 N–H and O–H groups in total. The molecule has 0 aliphatic heterocycles. The zero-order valence-corrected chi connectivity index (χ0v) is 11.6. The summed E-state index contributed by atoms with van der Waals surface area (Å²) in [5.41, 5.74) is -0.461. The van der Waals surface area contributed by atoms with Gasteiger partial charge < -0.3 is 5.32 Å². The zero-order valence-electron chi connectivity index (χ0n) is 9.30. The third-order valence-electron chi connectivity index (χ3n) is 2.26. The fourth-order valence-corrected chi connectivity index (χ4v) is 2.09. The third kappa shape index (κ3) is 3.61. The summed E-state index contributed by atoms with van der Waals surface area (Å²) < 4.78 is 38.4. The van der Waals surface area contributed by atoms with Gasteiger partial charge in [0, 0.05) is 16.4 Å². The van der Waals surface area contributed by atoms with Gasteiger partial charge in [-0.15, -0.1) is 0 Å².